The van der Waals surface area contributed by atoms with E-state index in [2.05, 4.69) is 10.0 Å². The first-order chi connectivity index (χ1) is 8.72. The van der Waals surface area contributed by atoms with Crippen LogP contribution in [0.3, 0.4) is 0 Å². The smallest absolute Gasteiger partial charge is 0.193 e. The van der Waals surface area contributed by atoms with Crippen LogP contribution in [-0.4, -0.2) is 5.78 Å². The van der Waals surface area contributed by atoms with E-state index in [-0.39, 0.29) is 5.78 Å². The third kappa shape index (κ3) is 2.39. The Bertz CT molecular complexity index is 629. The fraction of sp³-hybridized carbons (Fsp3) is 0.0714. The van der Waals surface area contributed by atoms with Crippen LogP contribution in [0.1, 0.15) is 21.5 Å². The summed E-state index contributed by atoms with van der Waals surface area (Å²) in [5.74, 6) is -0.0272. The van der Waals surface area contributed by atoms with Gasteiger partial charge in [-0.25, -0.2) is 0 Å². The van der Waals surface area contributed by atoms with E-state index in [9.17, 15) is 4.79 Å². The van der Waals surface area contributed by atoms with E-state index < -0.39 is 0 Å². The third-order valence-electron chi connectivity index (χ3n) is 2.65. The van der Waals surface area contributed by atoms with Gasteiger partial charge in [0.05, 0.1) is 0 Å². The molecule has 4 nitrogen and oxygen atoms in total. The molecule has 0 N–H and O–H groups in total. The SMILES string of the molecule is Cc1cc(N=[N+]=[N-])ccc1C(=O)c1ccccc1. The van der Waals surface area contributed by atoms with Gasteiger partial charge < -0.3 is 0 Å². The summed E-state index contributed by atoms with van der Waals surface area (Å²) in [6, 6.07) is 14.1. The molecule has 0 amide bonds. The van der Waals surface area contributed by atoms with Crippen LogP contribution in [0.5, 0.6) is 0 Å². The summed E-state index contributed by atoms with van der Waals surface area (Å²) < 4.78 is 0. The zero-order valence-electron chi connectivity index (χ0n) is 9.87. The van der Waals surface area contributed by atoms with Gasteiger partial charge in [0.1, 0.15) is 0 Å². The molecule has 0 radical (unpaired) electrons. The normalized spacial score (nSPS) is 9.61. The molecule has 0 saturated carbocycles. The first kappa shape index (κ1) is 11.9. The van der Waals surface area contributed by atoms with E-state index in [1.807, 2.05) is 25.1 Å². The van der Waals surface area contributed by atoms with Gasteiger partial charge in [0.15, 0.2) is 5.78 Å². The second-order valence-electron chi connectivity index (χ2n) is 3.88. The van der Waals surface area contributed by atoms with Crippen LogP contribution in [0, 0.1) is 6.92 Å². The average Bonchev–Trinajstić information content (AvgIpc) is 2.40. The van der Waals surface area contributed by atoms with Crippen LogP contribution in [0.2, 0.25) is 0 Å². The fourth-order valence-electron chi connectivity index (χ4n) is 1.76. The van der Waals surface area contributed by atoms with Crippen molar-refractivity contribution >= 4 is 11.5 Å². The van der Waals surface area contributed by atoms with E-state index in [1.54, 1.807) is 30.3 Å². The Morgan fingerprint density at radius 1 is 1.17 bits per heavy atom. The zero-order valence-corrected chi connectivity index (χ0v) is 9.87. The fourth-order valence-corrected chi connectivity index (χ4v) is 1.76. The molecule has 0 aromatic heterocycles. The van der Waals surface area contributed by atoms with Crippen molar-refractivity contribution in [2.45, 2.75) is 6.92 Å². The molecule has 0 fully saturated rings. The highest BCUT2D eigenvalue weighted by Gasteiger charge is 2.11. The van der Waals surface area contributed by atoms with Gasteiger partial charge in [0, 0.05) is 21.7 Å². The molecule has 0 aliphatic rings. The summed E-state index contributed by atoms with van der Waals surface area (Å²) in [6.45, 7) is 1.83. The molecular weight excluding hydrogens is 226 g/mol. The lowest BCUT2D eigenvalue weighted by atomic mass is 9.99. The molecule has 2 aromatic carbocycles. The molecule has 0 aliphatic heterocycles. The monoisotopic (exact) mass is 237 g/mol. The van der Waals surface area contributed by atoms with Crippen molar-refractivity contribution in [2.24, 2.45) is 5.11 Å². The Labute approximate surface area is 105 Å². The predicted octanol–water partition coefficient (Wildman–Crippen LogP) is 4.17. The summed E-state index contributed by atoms with van der Waals surface area (Å²) >= 11 is 0. The maximum absolute atomic E-state index is 12.2. The number of nitrogens with zero attached hydrogens (tertiary/aromatic N) is 3. The van der Waals surface area contributed by atoms with Gasteiger partial charge in [-0.3, -0.25) is 4.79 Å². The van der Waals surface area contributed by atoms with Gasteiger partial charge in [-0.05, 0) is 24.1 Å². The highest BCUT2D eigenvalue weighted by molar-refractivity contribution is 6.10. The minimum absolute atomic E-state index is 0.0272. The molecule has 0 saturated heterocycles. The minimum atomic E-state index is -0.0272. The zero-order chi connectivity index (χ0) is 13.0. The number of aryl methyl sites for hydroxylation is 1. The predicted molar refractivity (Wildman–Crippen MR) is 69.9 cm³/mol. The van der Waals surface area contributed by atoms with Gasteiger partial charge in [-0.15, -0.1) is 0 Å². The van der Waals surface area contributed by atoms with Crippen LogP contribution >= 0.6 is 0 Å². The number of carbonyl (C=O) groups excluding carboxylic acids is 1. The van der Waals surface area contributed by atoms with E-state index in [0.29, 0.717) is 16.8 Å². The molecule has 0 atom stereocenters. The summed E-state index contributed by atoms with van der Waals surface area (Å²) in [7, 11) is 0. The molecule has 0 bridgehead atoms. The Morgan fingerprint density at radius 3 is 2.50 bits per heavy atom. The van der Waals surface area contributed by atoms with Crippen molar-refractivity contribution in [1.82, 2.24) is 0 Å². The third-order valence-corrected chi connectivity index (χ3v) is 2.65. The molecule has 4 heteroatoms. The topological polar surface area (TPSA) is 65.8 Å². The molecule has 88 valence electrons. The van der Waals surface area contributed by atoms with E-state index in [4.69, 9.17) is 5.53 Å². The summed E-state index contributed by atoms with van der Waals surface area (Å²) in [6.07, 6.45) is 0. The molecule has 2 aromatic rings. The number of ketones is 1. The number of hydrogen-bond donors (Lipinski definition) is 0. The molecule has 18 heavy (non-hydrogen) atoms. The molecule has 0 spiro atoms. The summed E-state index contributed by atoms with van der Waals surface area (Å²) in [4.78, 5) is 15.0. The Hall–Kier alpha value is -2.58. The number of hydrogen-bond acceptors (Lipinski definition) is 2. The van der Waals surface area contributed by atoms with Crippen molar-refractivity contribution in [3.05, 3.63) is 75.7 Å². The lowest BCUT2D eigenvalue weighted by Gasteiger charge is -2.05. The number of carbonyl (C=O) groups is 1. The summed E-state index contributed by atoms with van der Waals surface area (Å²) in [5, 5.41) is 3.51. The second-order valence-corrected chi connectivity index (χ2v) is 3.88. The van der Waals surface area contributed by atoms with Crippen molar-refractivity contribution in [3.8, 4) is 0 Å². The van der Waals surface area contributed by atoms with E-state index in [1.165, 1.54) is 0 Å². The average molecular weight is 237 g/mol. The maximum Gasteiger partial charge on any atom is 0.193 e. The van der Waals surface area contributed by atoms with Crippen LogP contribution in [0.4, 0.5) is 5.69 Å². The van der Waals surface area contributed by atoms with Crippen molar-refractivity contribution < 1.29 is 4.79 Å². The van der Waals surface area contributed by atoms with Crippen molar-refractivity contribution in [2.75, 3.05) is 0 Å². The standard InChI is InChI=1S/C14H11N3O/c1-10-9-12(16-17-15)7-8-13(10)14(18)11-5-3-2-4-6-11/h2-9H,1H3. The number of benzene rings is 2. The first-order valence-electron chi connectivity index (χ1n) is 5.48. The van der Waals surface area contributed by atoms with Gasteiger partial charge in [-0.1, -0.05) is 47.6 Å². The number of rotatable bonds is 3. The quantitative estimate of drug-likeness (QED) is 0.342. The Balaban J connectivity index is 2.40. The van der Waals surface area contributed by atoms with Crippen LogP contribution in [-0.2, 0) is 0 Å². The minimum Gasteiger partial charge on any atom is -0.289 e. The highest BCUT2D eigenvalue weighted by atomic mass is 16.1. The molecular formula is C14H11N3O. The Morgan fingerprint density at radius 2 is 1.89 bits per heavy atom. The molecule has 0 heterocycles. The van der Waals surface area contributed by atoms with Gasteiger partial charge in [0.25, 0.3) is 0 Å². The van der Waals surface area contributed by atoms with Gasteiger partial charge in [-0.2, -0.15) is 0 Å². The number of azide groups is 1. The van der Waals surface area contributed by atoms with Gasteiger partial charge in [0.2, 0.25) is 0 Å². The largest absolute Gasteiger partial charge is 0.289 e. The molecule has 0 aliphatic carbocycles. The van der Waals surface area contributed by atoms with Crippen LogP contribution in [0.25, 0.3) is 10.4 Å². The molecule has 0 unspecified atom stereocenters. The van der Waals surface area contributed by atoms with Gasteiger partial charge >= 0.3 is 0 Å². The molecule has 2 rings (SSSR count). The highest BCUT2D eigenvalue weighted by Crippen LogP contribution is 2.20. The lowest BCUT2D eigenvalue weighted by molar-refractivity contribution is 0.103. The van der Waals surface area contributed by atoms with E-state index in [0.717, 1.165) is 5.56 Å². The van der Waals surface area contributed by atoms with Crippen LogP contribution in [0.15, 0.2) is 53.6 Å². The lowest BCUT2D eigenvalue weighted by Crippen LogP contribution is -2.02. The van der Waals surface area contributed by atoms with E-state index >= 15 is 0 Å². The second kappa shape index (κ2) is 5.17. The first-order valence-corrected chi connectivity index (χ1v) is 5.48. The van der Waals surface area contributed by atoms with Crippen molar-refractivity contribution in [1.29, 1.82) is 0 Å². The van der Waals surface area contributed by atoms with Crippen molar-refractivity contribution in [3.63, 3.8) is 0 Å². The van der Waals surface area contributed by atoms with Crippen LogP contribution < -0.4 is 0 Å². The summed E-state index contributed by atoms with van der Waals surface area (Å²) in [5.41, 5.74) is 10.9. The Kier molecular flexibility index (Phi) is 3.41. The maximum atomic E-state index is 12.2.